The molecule has 3 aromatic rings. The van der Waals surface area contributed by atoms with E-state index >= 15 is 0 Å². The zero-order chi connectivity index (χ0) is 17.1. The molecule has 24 heavy (non-hydrogen) atoms. The molecule has 0 amide bonds. The topological polar surface area (TPSA) is 79.6 Å². The molecule has 3 rings (SSSR count). The van der Waals surface area contributed by atoms with E-state index in [4.69, 9.17) is 18.3 Å². The molecule has 0 saturated heterocycles. The van der Waals surface area contributed by atoms with Gasteiger partial charge in [-0.1, -0.05) is 6.07 Å². The fourth-order valence-corrected chi connectivity index (χ4v) is 2.55. The van der Waals surface area contributed by atoms with Crippen LogP contribution in [0.3, 0.4) is 0 Å². The number of hydrogen-bond acceptors (Lipinski definition) is 6. The SMILES string of the molecule is COc1ccc(CCn2nc(-c3ccc(Br)o3)oc2=O)cc1OC. The van der Waals surface area contributed by atoms with Gasteiger partial charge in [0.2, 0.25) is 0 Å². The molecule has 0 aliphatic carbocycles. The van der Waals surface area contributed by atoms with Crippen molar-refractivity contribution in [1.29, 1.82) is 0 Å². The molecule has 0 atom stereocenters. The number of hydrogen-bond donors (Lipinski definition) is 0. The number of methoxy groups -OCH3 is 2. The predicted octanol–water partition coefficient (Wildman–Crippen LogP) is 3.12. The molecule has 8 heteroatoms. The maximum Gasteiger partial charge on any atom is 0.437 e. The molecule has 7 nitrogen and oxygen atoms in total. The van der Waals surface area contributed by atoms with E-state index in [9.17, 15) is 4.79 Å². The third-order valence-electron chi connectivity index (χ3n) is 3.45. The number of aryl methyl sites for hydroxylation is 2. The maximum absolute atomic E-state index is 11.9. The van der Waals surface area contributed by atoms with Crippen LogP contribution < -0.4 is 15.2 Å². The fraction of sp³-hybridized carbons (Fsp3) is 0.250. The van der Waals surface area contributed by atoms with Crippen LogP contribution in [0.1, 0.15) is 5.56 Å². The summed E-state index contributed by atoms with van der Waals surface area (Å²) in [6.07, 6.45) is 0.591. The highest BCUT2D eigenvalue weighted by atomic mass is 79.9. The Morgan fingerprint density at radius 3 is 2.58 bits per heavy atom. The molecule has 0 saturated carbocycles. The molecule has 0 radical (unpaired) electrons. The van der Waals surface area contributed by atoms with Gasteiger partial charge in [-0.3, -0.25) is 0 Å². The molecule has 2 aromatic heterocycles. The Kier molecular flexibility index (Phi) is 4.75. The first kappa shape index (κ1) is 16.4. The van der Waals surface area contributed by atoms with E-state index < -0.39 is 5.76 Å². The van der Waals surface area contributed by atoms with Gasteiger partial charge in [-0.25, -0.2) is 4.79 Å². The maximum atomic E-state index is 11.9. The Labute approximate surface area is 145 Å². The third-order valence-corrected chi connectivity index (χ3v) is 3.88. The van der Waals surface area contributed by atoms with Gasteiger partial charge in [0.1, 0.15) is 0 Å². The number of ether oxygens (including phenoxy) is 2. The normalized spacial score (nSPS) is 10.8. The largest absolute Gasteiger partial charge is 0.493 e. The summed E-state index contributed by atoms with van der Waals surface area (Å²) in [4.78, 5) is 11.9. The zero-order valence-corrected chi connectivity index (χ0v) is 14.7. The van der Waals surface area contributed by atoms with Crippen molar-refractivity contribution in [2.24, 2.45) is 0 Å². The molecule has 126 valence electrons. The molecule has 0 aliphatic rings. The number of rotatable bonds is 6. The second-order valence-electron chi connectivity index (χ2n) is 4.94. The number of aromatic nitrogens is 2. The first-order valence-electron chi connectivity index (χ1n) is 7.15. The summed E-state index contributed by atoms with van der Waals surface area (Å²) >= 11 is 3.20. The lowest BCUT2D eigenvalue weighted by Gasteiger charge is -2.09. The van der Waals surface area contributed by atoms with Crippen molar-refractivity contribution < 1.29 is 18.3 Å². The number of nitrogens with zero attached hydrogens (tertiary/aromatic N) is 2. The Morgan fingerprint density at radius 2 is 1.92 bits per heavy atom. The van der Waals surface area contributed by atoms with Gasteiger partial charge in [-0.2, -0.15) is 4.68 Å². The van der Waals surface area contributed by atoms with Crippen molar-refractivity contribution in [1.82, 2.24) is 9.78 Å². The minimum absolute atomic E-state index is 0.151. The van der Waals surface area contributed by atoms with Gasteiger partial charge in [-0.15, -0.1) is 5.10 Å². The van der Waals surface area contributed by atoms with Crippen molar-refractivity contribution in [3.05, 3.63) is 51.1 Å². The molecule has 0 aliphatic heterocycles. The van der Waals surface area contributed by atoms with E-state index in [1.165, 1.54) is 4.68 Å². The van der Waals surface area contributed by atoms with Crippen molar-refractivity contribution in [2.75, 3.05) is 14.2 Å². The van der Waals surface area contributed by atoms with Crippen LogP contribution in [0, 0.1) is 0 Å². The lowest BCUT2D eigenvalue weighted by molar-refractivity contribution is 0.354. The second-order valence-corrected chi connectivity index (χ2v) is 5.72. The van der Waals surface area contributed by atoms with Gasteiger partial charge in [-0.05, 0) is 52.2 Å². The molecule has 0 fully saturated rings. The van der Waals surface area contributed by atoms with Crippen LogP contribution in [0.2, 0.25) is 0 Å². The summed E-state index contributed by atoms with van der Waals surface area (Å²) in [5, 5.41) is 4.15. The molecular weight excluding hydrogens is 380 g/mol. The van der Waals surface area contributed by atoms with Crippen molar-refractivity contribution >= 4 is 15.9 Å². The van der Waals surface area contributed by atoms with Crippen LogP contribution >= 0.6 is 15.9 Å². The summed E-state index contributed by atoms with van der Waals surface area (Å²) in [7, 11) is 3.17. The third kappa shape index (κ3) is 3.38. The van der Waals surface area contributed by atoms with Crippen LogP contribution in [0.25, 0.3) is 11.7 Å². The average molecular weight is 395 g/mol. The van der Waals surface area contributed by atoms with E-state index in [1.807, 2.05) is 18.2 Å². The van der Waals surface area contributed by atoms with Gasteiger partial charge in [0.25, 0.3) is 5.89 Å². The summed E-state index contributed by atoms with van der Waals surface area (Å²) < 4.78 is 22.7. The summed E-state index contributed by atoms with van der Waals surface area (Å²) in [5.41, 5.74) is 0.991. The Balaban J connectivity index is 1.75. The van der Waals surface area contributed by atoms with Crippen LogP contribution in [0.15, 0.2) is 48.6 Å². The molecule has 0 bridgehead atoms. The fourth-order valence-electron chi connectivity index (χ4n) is 2.25. The zero-order valence-electron chi connectivity index (χ0n) is 13.1. The van der Waals surface area contributed by atoms with Crippen LogP contribution in [-0.4, -0.2) is 24.0 Å². The minimum atomic E-state index is -0.530. The predicted molar refractivity (Wildman–Crippen MR) is 89.4 cm³/mol. The first-order chi connectivity index (χ1) is 11.6. The van der Waals surface area contributed by atoms with E-state index in [-0.39, 0.29) is 5.89 Å². The Bertz CT molecular complexity index is 896. The lowest BCUT2D eigenvalue weighted by Crippen LogP contribution is -2.17. The summed E-state index contributed by atoms with van der Waals surface area (Å²) in [5.74, 6) is 1.31. The molecule has 0 spiro atoms. The molecule has 0 N–H and O–H groups in total. The van der Waals surface area contributed by atoms with Crippen LogP contribution in [-0.2, 0) is 13.0 Å². The van der Waals surface area contributed by atoms with E-state index in [2.05, 4.69) is 21.0 Å². The van der Waals surface area contributed by atoms with Crippen LogP contribution in [0.4, 0.5) is 0 Å². The number of benzene rings is 1. The van der Waals surface area contributed by atoms with Gasteiger partial charge < -0.3 is 18.3 Å². The van der Waals surface area contributed by atoms with Gasteiger partial charge in [0.05, 0.1) is 20.8 Å². The number of furan rings is 1. The Morgan fingerprint density at radius 1 is 1.12 bits per heavy atom. The summed E-state index contributed by atoms with van der Waals surface area (Å²) in [6.45, 7) is 0.375. The standard InChI is InChI=1S/C16H15BrN2O5/c1-21-11-4-3-10(9-13(11)22-2)7-8-19-16(20)24-15(18-19)12-5-6-14(17)23-12/h3-6,9H,7-8H2,1-2H3. The first-order valence-corrected chi connectivity index (χ1v) is 7.94. The Hall–Kier alpha value is -2.48. The van der Waals surface area contributed by atoms with Gasteiger partial charge in [0.15, 0.2) is 21.9 Å². The quantitative estimate of drug-likeness (QED) is 0.638. The molecule has 0 unspecified atom stereocenters. The molecule has 1 aromatic carbocycles. The van der Waals surface area contributed by atoms with Crippen LogP contribution in [0.5, 0.6) is 11.5 Å². The van der Waals surface area contributed by atoms with Gasteiger partial charge in [0, 0.05) is 0 Å². The highest BCUT2D eigenvalue weighted by Gasteiger charge is 2.14. The van der Waals surface area contributed by atoms with Crippen molar-refractivity contribution in [3.63, 3.8) is 0 Å². The highest BCUT2D eigenvalue weighted by molar-refractivity contribution is 9.10. The smallest absolute Gasteiger partial charge is 0.437 e. The summed E-state index contributed by atoms with van der Waals surface area (Å²) in [6, 6.07) is 8.99. The molecule has 2 heterocycles. The minimum Gasteiger partial charge on any atom is -0.493 e. The lowest BCUT2D eigenvalue weighted by atomic mass is 10.1. The average Bonchev–Trinajstić information content (AvgIpc) is 3.18. The monoisotopic (exact) mass is 394 g/mol. The number of halogens is 1. The van der Waals surface area contributed by atoms with E-state index in [0.717, 1.165) is 5.56 Å². The van der Waals surface area contributed by atoms with Crippen molar-refractivity contribution in [3.8, 4) is 23.1 Å². The van der Waals surface area contributed by atoms with E-state index in [0.29, 0.717) is 34.9 Å². The molecular formula is C16H15BrN2O5. The highest BCUT2D eigenvalue weighted by Crippen LogP contribution is 2.28. The van der Waals surface area contributed by atoms with Crippen molar-refractivity contribution in [2.45, 2.75) is 13.0 Å². The second kappa shape index (κ2) is 6.96. The van der Waals surface area contributed by atoms with Gasteiger partial charge >= 0.3 is 5.76 Å². The van der Waals surface area contributed by atoms with E-state index in [1.54, 1.807) is 26.4 Å².